The van der Waals surface area contributed by atoms with E-state index in [1.165, 1.54) is 19.3 Å². The number of urea groups is 1. The van der Waals surface area contributed by atoms with Crippen molar-refractivity contribution in [2.24, 2.45) is 0 Å². The Bertz CT molecular complexity index is 1060. The van der Waals surface area contributed by atoms with E-state index in [0.29, 0.717) is 18.5 Å². The highest BCUT2D eigenvalue weighted by Crippen LogP contribution is 2.27. The third-order valence-corrected chi connectivity index (χ3v) is 6.99. The van der Waals surface area contributed by atoms with Gasteiger partial charge in [-0.2, -0.15) is 0 Å². The maximum absolute atomic E-state index is 13.2. The Morgan fingerprint density at radius 1 is 1.06 bits per heavy atom. The lowest BCUT2D eigenvalue weighted by Gasteiger charge is -2.29. The van der Waals surface area contributed by atoms with Crippen LogP contribution >= 0.6 is 0 Å². The summed E-state index contributed by atoms with van der Waals surface area (Å²) in [5, 5.41) is 5.64. The monoisotopic (exact) mass is 478 g/mol. The van der Waals surface area contributed by atoms with E-state index in [0.717, 1.165) is 35.0 Å². The van der Waals surface area contributed by atoms with Gasteiger partial charge in [0.2, 0.25) is 5.91 Å². The van der Waals surface area contributed by atoms with Crippen LogP contribution in [-0.2, 0) is 16.0 Å². The zero-order chi connectivity index (χ0) is 25.0. The van der Waals surface area contributed by atoms with Crippen LogP contribution in [0, 0.1) is 0 Å². The molecule has 0 aliphatic carbocycles. The zero-order valence-corrected chi connectivity index (χ0v) is 20.7. The van der Waals surface area contributed by atoms with E-state index in [1.807, 2.05) is 48.5 Å². The molecule has 0 saturated carbocycles. The van der Waals surface area contributed by atoms with E-state index in [9.17, 15) is 14.4 Å². The summed E-state index contributed by atoms with van der Waals surface area (Å²) in [7, 11) is 1.61. The number of nitrogens with one attached hydrogen (secondary N) is 2. The molecule has 2 heterocycles. The molecule has 2 N–H and O–H groups in total. The molecule has 4 rings (SSSR count). The van der Waals surface area contributed by atoms with E-state index in [-0.39, 0.29) is 5.91 Å². The lowest BCUT2D eigenvalue weighted by molar-refractivity contribution is -0.136. The van der Waals surface area contributed by atoms with Crippen LogP contribution < -0.4 is 20.3 Å². The average Bonchev–Trinajstić information content (AvgIpc) is 3.11. The Morgan fingerprint density at radius 3 is 2.34 bits per heavy atom. The Balaban J connectivity index is 1.36. The fraction of sp³-hybridized carbons (Fsp3) is 0.444. The highest BCUT2D eigenvalue weighted by Gasteiger charge is 2.50. The molecule has 2 saturated heterocycles. The molecule has 2 aliphatic rings. The summed E-state index contributed by atoms with van der Waals surface area (Å²) >= 11 is 0. The zero-order valence-electron chi connectivity index (χ0n) is 20.7. The van der Waals surface area contributed by atoms with Gasteiger partial charge in [-0.1, -0.05) is 12.1 Å². The smallest absolute Gasteiger partial charge is 0.325 e. The van der Waals surface area contributed by atoms with Gasteiger partial charge in [-0.15, -0.1) is 0 Å². The summed E-state index contributed by atoms with van der Waals surface area (Å²) in [6.45, 7) is 5.38. The van der Waals surface area contributed by atoms with Crippen LogP contribution in [0.25, 0.3) is 0 Å². The summed E-state index contributed by atoms with van der Waals surface area (Å²) in [5.74, 6) is -0.0323. The Hall–Kier alpha value is -3.55. The number of rotatable bonds is 8. The second-order valence-corrected chi connectivity index (χ2v) is 9.55. The number of anilines is 2. The summed E-state index contributed by atoms with van der Waals surface area (Å²) < 4.78 is 5.18. The first-order valence-electron chi connectivity index (χ1n) is 12.3. The molecule has 0 bridgehead atoms. The number of methoxy groups -OCH3 is 1. The van der Waals surface area contributed by atoms with Gasteiger partial charge in [0, 0.05) is 24.5 Å². The summed E-state index contributed by atoms with van der Waals surface area (Å²) in [5.41, 5.74) is 1.74. The topological polar surface area (TPSA) is 91.0 Å². The van der Waals surface area contributed by atoms with E-state index >= 15 is 0 Å². The van der Waals surface area contributed by atoms with Crippen molar-refractivity contribution >= 4 is 29.2 Å². The predicted octanol–water partition coefficient (Wildman–Crippen LogP) is 3.96. The van der Waals surface area contributed by atoms with E-state index in [4.69, 9.17) is 4.74 Å². The fourth-order valence-electron chi connectivity index (χ4n) is 4.69. The Kier molecular flexibility index (Phi) is 7.28. The van der Waals surface area contributed by atoms with Gasteiger partial charge in [0.25, 0.3) is 5.91 Å². The lowest BCUT2D eigenvalue weighted by Crippen LogP contribution is -2.48. The molecule has 2 fully saturated rings. The number of imide groups is 1. The molecule has 8 heteroatoms. The van der Waals surface area contributed by atoms with E-state index in [2.05, 4.69) is 15.5 Å². The Labute approximate surface area is 206 Å². The molecule has 4 amide bonds. The molecule has 186 valence electrons. The largest absolute Gasteiger partial charge is 0.497 e. The van der Waals surface area contributed by atoms with Gasteiger partial charge >= 0.3 is 6.03 Å². The molecule has 2 atom stereocenters. The second-order valence-electron chi connectivity index (χ2n) is 9.55. The number of amides is 4. The van der Waals surface area contributed by atoms with Crippen molar-refractivity contribution in [2.45, 2.75) is 57.5 Å². The third kappa shape index (κ3) is 5.42. The van der Waals surface area contributed by atoms with Crippen molar-refractivity contribution in [3.05, 3.63) is 54.1 Å². The highest BCUT2D eigenvalue weighted by atomic mass is 16.5. The van der Waals surface area contributed by atoms with Crippen LogP contribution in [0.1, 0.15) is 45.1 Å². The van der Waals surface area contributed by atoms with Crippen LogP contribution in [0.15, 0.2) is 48.5 Å². The molecule has 2 aliphatic heterocycles. The first kappa shape index (κ1) is 24.6. The average molecular weight is 479 g/mol. The first-order chi connectivity index (χ1) is 16.8. The third-order valence-electron chi connectivity index (χ3n) is 6.99. The quantitative estimate of drug-likeness (QED) is 0.561. The van der Waals surface area contributed by atoms with Crippen molar-refractivity contribution in [3.8, 4) is 5.75 Å². The summed E-state index contributed by atoms with van der Waals surface area (Å²) in [6, 6.07) is 13.8. The molecule has 8 nitrogen and oxygen atoms in total. The van der Waals surface area contributed by atoms with Gasteiger partial charge in [-0.3, -0.25) is 9.59 Å². The molecular weight excluding hydrogens is 444 g/mol. The number of ether oxygens (including phenoxy) is 1. The van der Waals surface area contributed by atoms with Crippen LogP contribution in [0.3, 0.4) is 0 Å². The van der Waals surface area contributed by atoms with Gasteiger partial charge in [0.15, 0.2) is 0 Å². The maximum atomic E-state index is 13.2. The molecule has 35 heavy (non-hydrogen) atoms. The minimum Gasteiger partial charge on any atom is -0.497 e. The number of piperidine rings is 1. The number of nitrogens with zero attached hydrogens (tertiary/aromatic N) is 2. The standard InChI is InChI=1S/C27H34N4O4/c1-19(24(32)28-21-9-11-22(12-10-21)30-17-5-4-6-18-30)31-25(33)27(2,29-26(31)34)16-15-20-7-13-23(35-3)14-8-20/h7-14,19H,4-6,15-18H2,1-3H3,(H,28,32)(H,29,34). The number of carbonyl (C=O) groups excluding carboxylic acids is 3. The predicted molar refractivity (Wildman–Crippen MR) is 136 cm³/mol. The highest BCUT2D eigenvalue weighted by molar-refractivity contribution is 6.11. The number of hydrogen-bond acceptors (Lipinski definition) is 5. The normalized spacial score (nSPS) is 21.0. The molecule has 0 aromatic heterocycles. The number of benzene rings is 2. The van der Waals surface area contributed by atoms with Crippen LogP contribution in [0.4, 0.5) is 16.2 Å². The lowest BCUT2D eigenvalue weighted by atomic mass is 9.93. The van der Waals surface area contributed by atoms with Crippen molar-refractivity contribution < 1.29 is 19.1 Å². The van der Waals surface area contributed by atoms with E-state index in [1.54, 1.807) is 21.0 Å². The number of carbonyl (C=O) groups is 3. The molecule has 2 aromatic carbocycles. The second kappa shape index (κ2) is 10.4. The van der Waals surface area contributed by atoms with Gasteiger partial charge in [0.1, 0.15) is 17.3 Å². The van der Waals surface area contributed by atoms with Gasteiger partial charge in [-0.05, 0) is 87.9 Å². The molecule has 2 aromatic rings. The number of aryl methyl sites for hydroxylation is 1. The van der Waals surface area contributed by atoms with Crippen molar-refractivity contribution in [1.29, 1.82) is 0 Å². The molecular formula is C27H34N4O4. The first-order valence-corrected chi connectivity index (χ1v) is 12.3. The number of hydrogen-bond donors (Lipinski definition) is 2. The molecule has 0 spiro atoms. The molecule has 2 unspecified atom stereocenters. The Morgan fingerprint density at radius 2 is 1.71 bits per heavy atom. The van der Waals surface area contributed by atoms with Gasteiger partial charge in [0.05, 0.1) is 7.11 Å². The summed E-state index contributed by atoms with van der Waals surface area (Å²) in [6.07, 6.45) is 4.69. The van der Waals surface area contributed by atoms with Gasteiger partial charge < -0.3 is 20.3 Å². The minimum atomic E-state index is -1.07. The SMILES string of the molecule is COc1ccc(CCC2(C)NC(=O)N(C(C)C(=O)Nc3ccc(N4CCCCC4)cc3)C2=O)cc1. The summed E-state index contributed by atoms with van der Waals surface area (Å²) in [4.78, 5) is 42.2. The minimum absolute atomic E-state index is 0.390. The van der Waals surface area contributed by atoms with Gasteiger partial charge in [-0.25, -0.2) is 9.69 Å². The molecule has 0 radical (unpaired) electrons. The van der Waals surface area contributed by atoms with Crippen molar-refractivity contribution in [2.75, 3.05) is 30.4 Å². The van der Waals surface area contributed by atoms with Crippen LogP contribution in [0.2, 0.25) is 0 Å². The van der Waals surface area contributed by atoms with Crippen molar-refractivity contribution in [3.63, 3.8) is 0 Å². The maximum Gasteiger partial charge on any atom is 0.325 e. The fourth-order valence-corrected chi connectivity index (χ4v) is 4.69. The van der Waals surface area contributed by atoms with E-state index < -0.39 is 23.5 Å². The van der Waals surface area contributed by atoms with Crippen molar-refractivity contribution in [1.82, 2.24) is 10.2 Å². The van der Waals surface area contributed by atoms with Crippen LogP contribution in [-0.4, -0.2) is 54.5 Å². The van der Waals surface area contributed by atoms with Crippen LogP contribution in [0.5, 0.6) is 5.75 Å².